The van der Waals surface area contributed by atoms with Crippen LogP contribution in [0.1, 0.15) is 20.9 Å². The maximum atomic E-state index is 10.7. The molecule has 0 saturated heterocycles. The maximum absolute atomic E-state index is 10.7. The Morgan fingerprint density at radius 2 is 1.80 bits per heavy atom. The Morgan fingerprint density at radius 1 is 1.15 bits per heavy atom. The van der Waals surface area contributed by atoms with Crippen molar-refractivity contribution in [2.75, 3.05) is 0 Å². The third kappa shape index (κ3) is 3.08. The predicted molar refractivity (Wildman–Crippen MR) is 80.1 cm³/mol. The summed E-state index contributed by atoms with van der Waals surface area (Å²) in [6.07, 6.45) is 2.30. The fourth-order valence-corrected chi connectivity index (χ4v) is 3.67. The lowest BCUT2D eigenvalue weighted by molar-refractivity contribution is -0.136. The van der Waals surface area contributed by atoms with Crippen LogP contribution in [-0.2, 0) is 30.6 Å². The number of hydrogen-bond donors (Lipinski definition) is 2. The van der Waals surface area contributed by atoms with Crippen molar-refractivity contribution in [1.29, 1.82) is 0 Å². The second-order valence-electron chi connectivity index (χ2n) is 5.19. The summed E-state index contributed by atoms with van der Waals surface area (Å²) in [4.78, 5) is 12.8. The highest BCUT2D eigenvalue weighted by molar-refractivity contribution is 7.12. The number of hydrogen-bond acceptors (Lipinski definition) is 3. The van der Waals surface area contributed by atoms with Gasteiger partial charge in [-0.3, -0.25) is 4.79 Å². The Kier molecular flexibility index (Phi) is 3.85. The lowest BCUT2D eigenvalue weighted by Crippen LogP contribution is -2.28. The van der Waals surface area contributed by atoms with Gasteiger partial charge in [0.1, 0.15) is 0 Å². The van der Waals surface area contributed by atoms with E-state index >= 15 is 0 Å². The van der Waals surface area contributed by atoms with Crippen molar-refractivity contribution >= 4 is 17.3 Å². The zero-order valence-electron chi connectivity index (χ0n) is 11.1. The third-order valence-electron chi connectivity index (χ3n) is 3.66. The SMILES string of the molecule is O=C(O)Cc1ccc(CNC2Cc3ccccc3C2)s1. The van der Waals surface area contributed by atoms with Gasteiger partial charge in [-0.25, -0.2) is 0 Å². The molecule has 1 heterocycles. The molecule has 0 radical (unpaired) electrons. The molecule has 3 rings (SSSR count). The third-order valence-corrected chi connectivity index (χ3v) is 4.74. The Balaban J connectivity index is 1.54. The van der Waals surface area contributed by atoms with Gasteiger partial charge in [0.05, 0.1) is 6.42 Å². The van der Waals surface area contributed by atoms with Crippen LogP contribution in [0.2, 0.25) is 0 Å². The van der Waals surface area contributed by atoms with Crippen LogP contribution in [-0.4, -0.2) is 17.1 Å². The predicted octanol–water partition coefficient (Wildman–Crippen LogP) is 2.63. The van der Waals surface area contributed by atoms with Crippen LogP contribution in [0.4, 0.5) is 0 Å². The molecule has 2 N–H and O–H groups in total. The van der Waals surface area contributed by atoms with Crippen LogP contribution in [0.25, 0.3) is 0 Å². The van der Waals surface area contributed by atoms with Crippen LogP contribution < -0.4 is 5.32 Å². The molecule has 0 aliphatic heterocycles. The lowest BCUT2D eigenvalue weighted by atomic mass is 10.1. The number of carbonyl (C=O) groups is 1. The number of fused-ring (bicyclic) bond motifs is 1. The van der Waals surface area contributed by atoms with Gasteiger partial charge in [-0.1, -0.05) is 24.3 Å². The van der Waals surface area contributed by atoms with Gasteiger partial charge in [0, 0.05) is 22.3 Å². The molecule has 0 spiro atoms. The Hall–Kier alpha value is -1.65. The minimum absolute atomic E-state index is 0.125. The zero-order valence-corrected chi connectivity index (χ0v) is 12.0. The van der Waals surface area contributed by atoms with E-state index in [1.54, 1.807) is 11.3 Å². The Bertz CT molecular complexity index is 595. The lowest BCUT2D eigenvalue weighted by Gasteiger charge is -2.10. The van der Waals surface area contributed by atoms with E-state index in [0.717, 1.165) is 24.3 Å². The van der Waals surface area contributed by atoms with Crippen molar-refractivity contribution < 1.29 is 9.90 Å². The average molecular weight is 287 g/mol. The molecule has 1 aliphatic rings. The van der Waals surface area contributed by atoms with Gasteiger partial charge in [-0.15, -0.1) is 11.3 Å². The number of aliphatic carboxylic acids is 1. The molecule has 104 valence electrons. The van der Waals surface area contributed by atoms with E-state index < -0.39 is 5.97 Å². The largest absolute Gasteiger partial charge is 0.481 e. The fourth-order valence-electron chi connectivity index (χ4n) is 2.71. The van der Waals surface area contributed by atoms with Crippen LogP contribution >= 0.6 is 11.3 Å². The first kappa shape index (κ1) is 13.3. The minimum Gasteiger partial charge on any atom is -0.481 e. The molecule has 1 aliphatic carbocycles. The molecular formula is C16H17NO2S. The molecule has 3 nitrogen and oxygen atoms in total. The van der Waals surface area contributed by atoms with Gasteiger partial charge in [-0.2, -0.15) is 0 Å². The molecular weight excluding hydrogens is 270 g/mol. The molecule has 0 saturated carbocycles. The Morgan fingerprint density at radius 3 is 2.45 bits per heavy atom. The first-order chi connectivity index (χ1) is 9.70. The van der Waals surface area contributed by atoms with Crippen LogP contribution in [0.15, 0.2) is 36.4 Å². The van der Waals surface area contributed by atoms with Gasteiger partial charge in [0.15, 0.2) is 0 Å². The van der Waals surface area contributed by atoms with Gasteiger partial charge in [0.25, 0.3) is 0 Å². The molecule has 1 aromatic heterocycles. The first-order valence-corrected chi connectivity index (χ1v) is 7.62. The van der Waals surface area contributed by atoms with E-state index in [1.165, 1.54) is 16.0 Å². The number of rotatable bonds is 5. The van der Waals surface area contributed by atoms with E-state index in [9.17, 15) is 4.79 Å². The second kappa shape index (κ2) is 5.77. The molecule has 20 heavy (non-hydrogen) atoms. The summed E-state index contributed by atoms with van der Waals surface area (Å²) >= 11 is 1.59. The summed E-state index contributed by atoms with van der Waals surface area (Å²) in [5.41, 5.74) is 2.89. The molecule has 1 aromatic carbocycles. The highest BCUT2D eigenvalue weighted by Crippen LogP contribution is 2.23. The molecule has 2 aromatic rings. The monoisotopic (exact) mass is 287 g/mol. The zero-order chi connectivity index (χ0) is 13.9. The first-order valence-electron chi connectivity index (χ1n) is 6.80. The quantitative estimate of drug-likeness (QED) is 0.889. The summed E-state index contributed by atoms with van der Waals surface area (Å²) in [6, 6.07) is 13.0. The molecule has 0 unspecified atom stereocenters. The van der Waals surface area contributed by atoms with Crippen molar-refractivity contribution in [3.05, 3.63) is 57.3 Å². The number of thiophene rings is 1. The smallest absolute Gasteiger partial charge is 0.308 e. The molecule has 4 heteroatoms. The van der Waals surface area contributed by atoms with E-state index in [4.69, 9.17) is 5.11 Å². The minimum atomic E-state index is -0.766. The maximum Gasteiger partial charge on any atom is 0.308 e. The van der Waals surface area contributed by atoms with Gasteiger partial charge >= 0.3 is 5.97 Å². The van der Waals surface area contributed by atoms with Crippen molar-refractivity contribution in [3.8, 4) is 0 Å². The topological polar surface area (TPSA) is 49.3 Å². The van der Waals surface area contributed by atoms with Crippen molar-refractivity contribution in [1.82, 2.24) is 5.32 Å². The van der Waals surface area contributed by atoms with E-state index in [-0.39, 0.29) is 6.42 Å². The van der Waals surface area contributed by atoms with Gasteiger partial charge < -0.3 is 10.4 Å². The van der Waals surface area contributed by atoms with Gasteiger partial charge in [0.2, 0.25) is 0 Å². The number of carboxylic acid groups (broad SMARTS) is 1. The van der Waals surface area contributed by atoms with Crippen LogP contribution in [0.3, 0.4) is 0 Å². The highest BCUT2D eigenvalue weighted by atomic mass is 32.1. The molecule has 0 amide bonds. The summed E-state index contributed by atoms with van der Waals surface area (Å²) < 4.78 is 0. The molecule has 0 atom stereocenters. The number of nitrogens with one attached hydrogen (secondary N) is 1. The van der Waals surface area contributed by atoms with Crippen molar-refractivity contribution in [3.63, 3.8) is 0 Å². The van der Waals surface area contributed by atoms with Gasteiger partial charge in [-0.05, 0) is 36.1 Å². The summed E-state index contributed by atoms with van der Waals surface area (Å²) in [5, 5.41) is 12.3. The summed E-state index contributed by atoms with van der Waals surface area (Å²) in [7, 11) is 0. The second-order valence-corrected chi connectivity index (χ2v) is 6.45. The molecule has 0 fully saturated rings. The van der Waals surface area contributed by atoms with E-state index in [1.807, 2.05) is 12.1 Å². The highest BCUT2D eigenvalue weighted by Gasteiger charge is 2.20. The Labute approximate surface area is 122 Å². The fraction of sp³-hybridized carbons (Fsp3) is 0.312. The van der Waals surface area contributed by atoms with Crippen molar-refractivity contribution in [2.24, 2.45) is 0 Å². The average Bonchev–Trinajstić information content (AvgIpc) is 3.01. The normalized spacial score (nSPS) is 14.4. The summed E-state index contributed by atoms with van der Waals surface area (Å²) in [6.45, 7) is 0.822. The number of benzene rings is 1. The van der Waals surface area contributed by atoms with Crippen molar-refractivity contribution in [2.45, 2.75) is 31.8 Å². The van der Waals surface area contributed by atoms with E-state index in [0.29, 0.717) is 6.04 Å². The molecule has 0 bridgehead atoms. The van der Waals surface area contributed by atoms with Crippen LogP contribution in [0, 0.1) is 0 Å². The van der Waals surface area contributed by atoms with Crippen LogP contribution in [0.5, 0.6) is 0 Å². The number of carboxylic acids is 1. The summed E-state index contributed by atoms with van der Waals surface area (Å²) in [5.74, 6) is -0.766. The van der Waals surface area contributed by atoms with E-state index in [2.05, 4.69) is 29.6 Å². The standard InChI is InChI=1S/C16H17NO2S/c18-16(19)9-14-5-6-15(20-14)10-17-13-7-11-3-1-2-4-12(11)8-13/h1-6,13,17H,7-10H2,(H,18,19).